The molecule has 0 aliphatic carbocycles. The van der Waals surface area contributed by atoms with Crippen LogP contribution in [0, 0.1) is 0 Å². The number of nitrogen functional groups attached to an aromatic ring is 1. The fraction of sp³-hybridized carbons (Fsp3) is 0.692. The van der Waals surface area contributed by atoms with E-state index in [1.807, 2.05) is 7.05 Å². The molecule has 2 N–H and O–H groups in total. The second kappa shape index (κ2) is 7.03. The Balaban J connectivity index is 2.97. The highest BCUT2D eigenvalue weighted by Crippen LogP contribution is 2.28. The van der Waals surface area contributed by atoms with E-state index in [0.717, 1.165) is 44.1 Å². The Morgan fingerprint density at radius 1 is 1.11 bits per heavy atom. The number of hydrogen-bond donors (Lipinski definition) is 1. The van der Waals surface area contributed by atoms with Crippen LogP contribution in [0.15, 0.2) is 6.33 Å². The van der Waals surface area contributed by atoms with Gasteiger partial charge in [-0.05, 0) is 20.3 Å². The van der Waals surface area contributed by atoms with Crippen LogP contribution in [0.5, 0.6) is 0 Å². The zero-order valence-electron chi connectivity index (χ0n) is 12.0. The van der Waals surface area contributed by atoms with Gasteiger partial charge in [0.15, 0.2) is 11.6 Å². The Morgan fingerprint density at radius 2 is 1.72 bits per heavy atom. The van der Waals surface area contributed by atoms with Crippen LogP contribution in [0.25, 0.3) is 0 Å². The highest BCUT2D eigenvalue weighted by atomic mass is 15.2. The summed E-state index contributed by atoms with van der Waals surface area (Å²) in [6.45, 7) is 9.15. The average Bonchev–Trinajstić information content (AvgIpc) is 2.39. The van der Waals surface area contributed by atoms with Crippen LogP contribution in [0.2, 0.25) is 0 Å². The topological polar surface area (TPSA) is 58.3 Å². The van der Waals surface area contributed by atoms with Crippen LogP contribution in [-0.2, 0) is 0 Å². The second-order valence-electron chi connectivity index (χ2n) is 4.38. The average molecular weight is 251 g/mol. The van der Waals surface area contributed by atoms with Gasteiger partial charge < -0.3 is 15.5 Å². The van der Waals surface area contributed by atoms with E-state index in [4.69, 9.17) is 5.73 Å². The molecule has 0 spiro atoms. The Morgan fingerprint density at radius 3 is 2.28 bits per heavy atom. The quantitative estimate of drug-likeness (QED) is 0.804. The van der Waals surface area contributed by atoms with Crippen LogP contribution in [0.1, 0.15) is 33.6 Å². The Kier molecular flexibility index (Phi) is 5.68. The monoisotopic (exact) mass is 251 g/mol. The molecule has 0 radical (unpaired) electrons. The maximum atomic E-state index is 6.20. The molecule has 18 heavy (non-hydrogen) atoms. The third-order valence-corrected chi connectivity index (χ3v) is 3.11. The lowest BCUT2D eigenvalue weighted by Gasteiger charge is -2.25. The van der Waals surface area contributed by atoms with Gasteiger partial charge in [-0.2, -0.15) is 0 Å². The number of hydrogen-bond acceptors (Lipinski definition) is 5. The number of rotatable bonds is 7. The number of anilines is 3. The fourth-order valence-corrected chi connectivity index (χ4v) is 1.96. The van der Waals surface area contributed by atoms with E-state index in [1.165, 1.54) is 0 Å². The van der Waals surface area contributed by atoms with Crippen molar-refractivity contribution in [2.45, 2.75) is 33.6 Å². The van der Waals surface area contributed by atoms with Crippen molar-refractivity contribution in [3.63, 3.8) is 0 Å². The van der Waals surface area contributed by atoms with Crippen LogP contribution in [-0.4, -0.2) is 36.6 Å². The summed E-state index contributed by atoms with van der Waals surface area (Å²) < 4.78 is 0. The van der Waals surface area contributed by atoms with Crippen LogP contribution < -0.4 is 15.5 Å². The van der Waals surface area contributed by atoms with Crippen molar-refractivity contribution >= 4 is 17.3 Å². The lowest BCUT2D eigenvalue weighted by molar-refractivity contribution is 0.757. The van der Waals surface area contributed by atoms with Gasteiger partial charge in [-0.3, -0.25) is 0 Å². The summed E-state index contributed by atoms with van der Waals surface area (Å²) in [5.41, 5.74) is 6.88. The maximum absolute atomic E-state index is 6.20. The Labute approximate surface area is 110 Å². The molecule has 0 aliphatic rings. The van der Waals surface area contributed by atoms with E-state index in [9.17, 15) is 0 Å². The zero-order valence-corrected chi connectivity index (χ0v) is 12.0. The predicted octanol–water partition coefficient (Wildman–Crippen LogP) is 2.14. The molecule has 0 amide bonds. The standard InChI is InChI=1S/C13H25N5/c1-5-8-9-17(4)12-11(14)13(16-10-15-12)18(6-2)7-3/h10H,5-9,14H2,1-4H3. The lowest BCUT2D eigenvalue weighted by Crippen LogP contribution is -2.27. The molecule has 0 unspecified atom stereocenters. The zero-order chi connectivity index (χ0) is 13.5. The van der Waals surface area contributed by atoms with Crippen LogP contribution in [0.4, 0.5) is 17.3 Å². The molecular formula is C13H25N5. The van der Waals surface area contributed by atoms with Gasteiger partial charge in [0, 0.05) is 26.7 Å². The second-order valence-corrected chi connectivity index (χ2v) is 4.38. The molecule has 0 bridgehead atoms. The Hall–Kier alpha value is -1.52. The SMILES string of the molecule is CCCCN(C)c1ncnc(N(CC)CC)c1N. The van der Waals surface area contributed by atoms with E-state index in [2.05, 4.69) is 40.5 Å². The lowest BCUT2D eigenvalue weighted by atomic mass is 10.3. The smallest absolute Gasteiger partial charge is 0.157 e. The largest absolute Gasteiger partial charge is 0.393 e. The molecule has 1 rings (SSSR count). The van der Waals surface area contributed by atoms with Gasteiger partial charge in [-0.1, -0.05) is 13.3 Å². The molecule has 0 fully saturated rings. The van der Waals surface area contributed by atoms with Crippen molar-refractivity contribution in [1.29, 1.82) is 0 Å². The highest BCUT2D eigenvalue weighted by molar-refractivity contribution is 5.75. The van der Waals surface area contributed by atoms with Crippen LogP contribution >= 0.6 is 0 Å². The summed E-state index contributed by atoms with van der Waals surface area (Å²) >= 11 is 0. The van der Waals surface area contributed by atoms with Crippen molar-refractivity contribution in [2.24, 2.45) is 0 Å². The molecule has 0 saturated heterocycles. The summed E-state index contributed by atoms with van der Waals surface area (Å²) in [6.07, 6.45) is 3.90. The number of nitrogens with zero attached hydrogens (tertiary/aromatic N) is 4. The minimum absolute atomic E-state index is 0.680. The first-order valence-corrected chi connectivity index (χ1v) is 6.72. The van der Waals surface area contributed by atoms with E-state index < -0.39 is 0 Å². The van der Waals surface area contributed by atoms with Gasteiger partial charge in [0.05, 0.1) is 0 Å². The van der Waals surface area contributed by atoms with E-state index in [1.54, 1.807) is 6.33 Å². The number of nitrogens with two attached hydrogens (primary N) is 1. The Bertz CT molecular complexity index is 362. The van der Waals surface area contributed by atoms with Crippen molar-refractivity contribution in [3.05, 3.63) is 6.33 Å². The van der Waals surface area contributed by atoms with Crippen molar-refractivity contribution in [2.75, 3.05) is 42.2 Å². The molecule has 5 nitrogen and oxygen atoms in total. The number of aromatic nitrogens is 2. The van der Waals surface area contributed by atoms with Gasteiger partial charge in [0.2, 0.25) is 0 Å². The molecule has 102 valence electrons. The molecule has 0 saturated carbocycles. The van der Waals surface area contributed by atoms with E-state index >= 15 is 0 Å². The molecular weight excluding hydrogens is 226 g/mol. The maximum Gasteiger partial charge on any atom is 0.157 e. The first-order chi connectivity index (χ1) is 8.65. The third-order valence-electron chi connectivity index (χ3n) is 3.11. The van der Waals surface area contributed by atoms with Crippen molar-refractivity contribution < 1.29 is 0 Å². The first kappa shape index (κ1) is 14.5. The fourth-order valence-electron chi connectivity index (χ4n) is 1.96. The van der Waals surface area contributed by atoms with Gasteiger partial charge in [-0.15, -0.1) is 0 Å². The number of unbranched alkanes of at least 4 members (excludes halogenated alkanes) is 1. The molecule has 1 aromatic heterocycles. The molecule has 0 aromatic carbocycles. The molecule has 0 aliphatic heterocycles. The van der Waals surface area contributed by atoms with E-state index in [-0.39, 0.29) is 0 Å². The first-order valence-electron chi connectivity index (χ1n) is 6.72. The summed E-state index contributed by atoms with van der Waals surface area (Å²) in [7, 11) is 2.03. The summed E-state index contributed by atoms with van der Waals surface area (Å²) in [6, 6.07) is 0. The van der Waals surface area contributed by atoms with Crippen LogP contribution in [0.3, 0.4) is 0 Å². The van der Waals surface area contributed by atoms with Gasteiger partial charge in [0.25, 0.3) is 0 Å². The van der Waals surface area contributed by atoms with Gasteiger partial charge in [0.1, 0.15) is 12.0 Å². The third kappa shape index (κ3) is 3.24. The normalized spacial score (nSPS) is 10.4. The predicted molar refractivity (Wildman–Crippen MR) is 78.2 cm³/mol. The summed E-state index contributed by atoms with van der Waals surface area (Å²) in [5.74, 6) is 1.67. The highest BCUT2D eigenvalue weighted by Gasteiger charge is 2.14. The van der Waals surface area contributed by atoms with Gasteiger partial charge >= 0.3 is 0 Å². The van der Waals surface area contributed by atoms with Crippen molar-refractivity contribution in [1.82, 2.24) is 9.97 Å². The van der Waals surface area contributed by atoms with Gasteiger partial charge in [-0.25, -0.2) is 9.97 Å². The molecule has 1 aromatic rings. The minimum Gasteiger partial charge on any atom is -0.393 e. The molecule has 5 heteroatoms. The minimum atomic E-state index is 0.680. The molecule has 1 heterocycles. The summed E-state index contributed by atoms with van der Waals surface area (Å²) in [4.78, 5) is 12.9. The summed E-state index contributed by atoms with van der Waals surface area (Å²) in [5, 5.41) is 0. The van der Waals surface area contributed by atoms with E-state index in [0.29, 0.717) is 5.69 Å². The molecule has 0 atom stereocenters. The van der Waals surface area contributed by atoms with Crippen molar-refractivity contribution in [3.8, 4) is 0 Å².